The summed E-state index contributed by atoms with van der Waals surface area (Å²) in [7, 11) is 0. The van der Waals surface area contributed by atoms with E-state index in [4.69, 9.17) is 0 Å². The molecular formula is C10H14N2O3. The van der Waals surface area contributed by atoms with E-state index in [2.05, 4.69) is 9.68 Å². The molecule has 1 aliphatic rings. The van der Waals surface area contributed by atoms with Crippen LogP contribution in [0.3, 0.4) is 0 Å². The Morgan fingerprint density at radius 2 is 2.53 bits per heavy atom. The zero-order chi connectivity index (χ0) is 10.8. The van der Waals surface area contributed by atoms with Crippen molar-refractivity contribution in [1.29, 1.82) is 0 Å². The second kappa shape index (κ2) is 4.02. The number of hydrogen-bond acceptors (Lipinski definition) is 4. The lowest BCUT2D eigenvalue weighted by Gasteiger charge is -2.33. The Morgan fingerprint density at radius 3 is 3.13 bits per heavy atom. The van der Waals surface area contributed by atoms with Gasteiger partial charge in [0.25, 0.3) is 5.91 Å². The highest BCUT2D eigenvalue weighted by atomic mass is 16.5. The number of aromatic nitrogens is 1. The van der Waals surface area contributed by atoms with Crippen LogP contribution in [0.5, 0.6) is 0 Å². The molecule has 82 valence electrons. The normalized spacial score (nSPS) is 26.7. The predicted octanol–water partition coefficient (Wildman–Crippen LogP) is 0.518. The molecule has 1 saturated heterocycles. The Kier molecular flexibility index (Phi) is 2.73. The first-order valence-electron chi connectivity index (χ1n) is 5.06. The van der Waals surface area contributed by atoms with Gasteiger partial charge in [-0.1, -0.05) is 12.1 Å². The summed E-state index contributed by atoms with van der Waals surface area (Å²) in [5.74, 6) is -0.00268. The molecule has 1 N–H and O–H groups in total. The van der Waals surface area contributed by atoms with Crippen LogP contribution in [0, 0.1) is 5.92 Å². The number of rotatable bonds is 1. The average Bonchev–Trinajstić information content (AvgIpc) is 2.74. The van der Waals surface area contributed by atoms with Gasteiger partial charge in [-0.2, -0.15) is 0 Å². The Balaban J connectivity index is 2.03. The van der Waals surface area contributed by atoms with Crippen molar-refractivity contribution >= 4 is 5.91 Å². The van der Waals surface area contributed by atoms with Gasteiger partial charge in [0, 0.05) is 19.2 Å². The number of aliphatic hydroxyl groups excluding tert-OH is 1. The van der Waals surface area contributed by atoms with Crippen molar-refractivity contribution in [3.63, 3.8) is 0 Å². The monoisotopic (exact) mass is 210 g/mol. The lowest BCUT2D eigenvalue weighted by Crippen LogP contribution is -2.45. The van der Waals surface area contributed by atoms with E-state index in [1.54, 1.807) is 11.0 Å². The molecule has 2 rings (SSSR count). The van der Waals surface area contributed by atoms with E-state index in [1.165, 1.54) is 6.26 Å². The highest BCUT2D eigenvalue weighted by molar-refractivity contribution is 5.92. The van der Waals surface area contributed by atoms with E-state index in [-0.39, 0.29) is 17.9 Å². The Hall–Kier alpha value is -1.36. The minimum Gasteiger partial charge on any atom is -0.393 e. The molecule has 1 aromatic rings. The molecule has 2 atom stereocenters. The maximum absolute atomic E-state index is 11.8. The van der Waals surface area contributed by atoms with Crippen LogP contribution in [0.4, 0.5) is 0 Å². The summed E-state index contributed by atoms with van der Waals surface area (Å²) < 4.78 is 4.63. The Bertz CT molecular complexity index is 336. The molecule has 0 saturated carbocycles. The molecule has 1 aliphatic heterocycles. The molecule has 2 unspecified atom stereocenters. The van der Waals surface area contributed by atoms with Gasteiger partial charge < -0.3 is 14.5 Å². The quantitative estimate of drug-likeness (QED) is 0.733. The van der Waals surface area contributed by atoms with Crippen LogP contribution < -0.4 is 0 Å². The van der Waals surface area contributed by atoms with Crippen LogP contribution in [0.2, 0.25) is 0 Å². The highest BCUT2D eigenvalue weighted by Crippen LogP contribution is 2.18. The first kappa shape index (κ1) is 10.2. The van der Waals surface area contributed by atoms with Gasteiger partial charge in [-0.15, -0.1) is 0 Å². The fourth-order valence-corrected chi connectivity index (χ4v) is 1.80. The Morgan fingerprint density at radius 1 is 1.73 bits per heavy atom. The van der Waals surface area contributed by atoms with Gasteiger partial charge in [0.1, 0.15) is 6.26 Å². The number of aliphatic hydroxyl groups is 1. The van der Waals surface area contributed by atoms with Crippen molar-refractivity contribution in [2.45, 2.75) is 19.4 Å². The summed E-state index contributed by atoms with van der Waals surface area (Å²) >= 11 is 0. The van der Waals surface area contributed by atoms with E-state index in [0.717, 1.165) is 0 Å². The molecule has 15 heavy (non-hydrogen) atoms. The van der Waals surface area contributed by atoms with Crippen molar-refractivity contribution in [3.8, 4) is 0 Å². The van der Waals surface area contributed by atoms with Crippen molar-refractivity contribution in [2.75, 3.05) is 13.1 Å². The fourth-order valence-electron chi connectivity index (χ4n) is 1.80. The summed E-state index contributed by atoms with van der Waals surface area (Å²) in [6.07, 6.45) is 1.71. The lowest BCUT2D eigenvalue weighted by atomic mass is 9.96. The molecule has 2 heterocycles. The average molecular weight is 210 g/mol. The number of likely N-dealkylation sites (tertiary alicyclic amines) is 1. The lowest BCUT2D eigenvalue weighted by molar-refractivity contribution is 0.0292. The summed E-state index contributed by atoms with van der Waals surface area (Å²) in [6.45, 7) is 3.09. The van der Waals surface area contributed by atoms with E-state index in [9.17, 15) is 9.90 Å². The van der Waals surface area contributed by atoms with Crippen molar-refractivity contribution in [1.82, 2.24) is 10.1 Å². The molecule has 0 bridgehead atoms. The van der Waals surface area contributed by atoms with Gasteiger partial charge in [-0.25, -0.2) is 0 Å². The maximum Gasteiger partial charge on any atom is 0.276 e. The number of amides is 1. The third-order valence-electron chi connectivity index (χ3n) is 2.80. The summed E-state index contributed by atoms with van der Waals surface area (Å²) in [5.41, 5.74) is 0.332. The maximum atomic E-state index is 11.8. The van der Waals surface area contributed by atoms with Crippen LogP contribution in [0.1, 0.15) is 23.8 Å². The molecule has 5 heteroatoms. The van der Waals surface area contributed by atoms with Crippen LogP contribution in [0.25, 0.3) is 0 Å². The third kappa shape index (κ3) is 2.02. The molecular weight excluding hydrogens is 196 g/mol. The zero-order valence-corrected chi connectivity index (χ0v) is 8.59. The van der Waals surface area contributed by atoms with Gasteiger partial charge in [0.15, 0.2) is 5.69 Å². The summed E-state index contributed by atoms with van der Waals surface area (Å²) in [5, 5.41) is 13.1. The fraction of sp³-hybridized carbons (Fsp3) is 0.600. The first-order chi connectivity index (χ1) is 7.18. The van der Waals surface area contributed by atoms with E-state index < -0.39 is 0 Å². The second-order valence-electron chi connectivity index (χ2n) is 3.97. The van der Waals surface area contributed by atoms with Crippen molar-refractivity contribution < 1.29 is 14.4 Å². The Labute approximate surface area is 87.7 Å². The topological polar surface area (TPSA) is 66.6 Å². The number of carbonyl (C=O) groups excluding carboxylic acids is 1. The minimum atomic E-state index is -0.300. The zero-order valence-electron chi connectivity index (χ0n) is 8.59. The molecule has 1 amide bonds. The van der Waals surface area contributed by atoms with Crippen LogP contribution in [-0.4, -0.2) is 40.3 Å². The summed E-state index contributed by atoms with van der Waals surface area (Å²) in [6, 6.07) is 1.55. The summed E-state index contributed by atoms with van der Waals surface area (Å²) in [4.78, 5) is 13.5. The SMILES string of the molecule is CC1CN(C(=O)c2ccon2)CCC1O. The standard InChI is InChI=1S/C10H14N2O3/c1-7-6-12(4-2-9(7)13)10(14)8-3-5-15-11-8/h3,5,7,9,13H,2,4,6H2,1H3. The van der Waals surface area contributed by atoms with Crippen LogP contribution >= 0.6 is 0 Å². The molecule has 0 spiro atoms. The smallest absolute Gasteiger partial charge is 0.276 e. The third-order valence-corrected chi connectivity index (χ3v) is 2.80. The molecule has 0 aromatic carbocycles. The van der Waals surface area contributed by atoms with Crippen molar-refractivity contribution in [2.24, 2.45) is 5.92 Å². The largest absolute Gasteiger partial charge is 0.393 e. The molecule has 1 fully saturated rings. The minimum absolute atomic E-state index is 0.120. The number of nitrogens with zero attached hydrogens (tertiary/aromatic N) is 2. The molecule has 0 radical (unpaired) electrons. The van der Waals surface area contributed by atoms with E-state index in [1.807, 2.05) is 6.92 Å². The molecule has 1 aromatic heterocycles. The van der Waals surface area contributed by atoms with Crippen LogP contribution in [0.15, 0.2) is 16.9 Å². The number of piperidine rings is 1. The van der Waals surface area contributed by atoms with Gasteiger partial charge in [-0.3, -0.25) is 4.79 Å². The van der Waals surface area contributed by atoms with Gasteiger partial charge >= 0.3 is 0 Å². The molecule has 5 nitrogen and oxygen atoms in total. The predicted molar refractivity (Wildman–Crippen MR) is 52.2 cm³/mol. The first-order valence-corrected chi connectivity index (χ1v) is 5.06. The van der Waals surface area contributed by atoms with E-state index >= 15 is 0 Å². The molecule has 0 aliphatic carbocycles. The van der Waals surface area contributed by atoms with Gasteiger partial charge in [-0.05, 0) is 12.3 Å². The number of hydrogen-bond donors (Lipinski definition) is 1. The van der Waals surface area contributed by atoms with Gasteiger partial charge in [0.05, 0.1) is 6.10 Å². The highest BCUT2D eigenvalue weighted by Gasteiger charge is 2.28. The number of carbonyl (C=O) groups is 1. The second-order valence-corrected chi connectivity index (χ2v) is 3.97. The van der Waals surface area contributed by atoms with Crippen molar-refractivity contribution in [3.05, 3.63) is 18.0 Å². The van der Waals surface area contributed by atoms with E-state index in [0.29, 0.717) is 25.2 Å². The van der Waals surface area contributed by atoms with Crippen LogP contribution in [-0.2, 0) is 0 Å². The van der Waals surface area contributed by atoms with Gasteiger partial charge in [0.2, 0.25) is 0 Å².